The van der Waals surface area contributed by atoms with Gasteiger partial charge in [0.25, 0.3) is 30.4 Å². The van der Waals surface area contributed by atoms with Crippen LogP contribution in [0.5, 0.6) is 0 Å². The summed E-state index contributed by atoms with van der Waals surface area (Å²) in [5.74, 6) is -2.12. The number of nitrogens with zero attached hydrogens (tertiary/aromatic N) is 2. The van der Waals surface area contributed by atoms with E-state index in [1.807, 2.05) is 9.48 Å². The number of hydrogen-bond donors (Lipinski definition) is 4. The van der Waals surface area contributed by atoms with Crippen molar-refractivity contribution in [2.24, 2.45) is 0 Å². The van der Waals surface area contributed by atoms with Crippen LogP contribution < -0.4 is 4.90 Å². The SMILES string of the molecule is COCCOCCOCCOCCOCCOCCN1C(=CC=CC=CC2=[N+](CCCCCC(=O)O)c3ccc(S(=O)(=O)[O-])cc3C2(C)CCCS(=O)(=O)O)C(C)(CCCS(=O)(=O)O)c2cc(S(=O)(=O)O)ccc21. The van der Waals surface area contributed by atoms with Crippen molar-refractivity contribution in [2.75, 3.05) is 109 Å². The van der Waals surface area contributed by atoms with Gasteiger partial charge in [0.15, 0.2) is 5.71 Å². The number of rotatable bonds is 37. The topological polar surface area (TPSA) is 319 Å². The van der Waals surface area contributed by atoms with Crippen molar-refractivity contribution in [1.29, 1.82) is 0 Å². The Morgan fingerprint density at radius 2 is 1.18 bits per heavy atom. The van der Waals surface area contributed by atoms with Gasteiger partial charge in [0.05, 0.1) is 99.4 Å². The van der Waals surface area contributed by atoms with Crippen molar-refractivity contribution in [3.63, 3.8) is 0 Å². The Morgan fingerprint density at radius 3 is 1.70 bits per heavy atom. The molecule has 4 N–H and O–H groups in total. The smallest absolute Gasteiger partial charge is 0.303 e. The zero-order valence-corrected chi connectivity index (χ0v) is 45.2. The van der Waals surface area contributed by atoms with Gasteiger partial charge in [0, 0.05) is 61.0 Å². The molecular formula is C48H70N2O20S4. The summed E-state index contributed by atoms with van der Waals surface area (Å²) in [7, 11) is -16.8. The minimum Gasteiger partial charge on any atom is -0.744 e. The number of methoxy groups -OCH3 is 1. The Labute approximate surface area is 435 Å². The average molecular weight is 1120 g/mol. The van der Waals surface area contributed by atoms with E-state index in [9.17, 15) is 61.8 Å². The number of allylic oxidation sites excluding steroid dienone is 6. The van der Waals surface area contributed by atoms with Gasteiger partial charge in [-0.1, -0.05) is 18.2 Å². The molecule has 2 aromatic rings. The zero-order valence-electron chi connectivity index (χ0n) is 42.0. The Kier molecular flexibility index (Phi) is 24.5. The van der Waals surface area contributed by atoms with Gasteiger partial charge in [0.1, 0.15) is 16.7 Å². The first-order valence-corrected chi connectivity index (χ1v) is 30.1. The number of aliphatic carboxylic acids is 1. The quantitative estimate of drug-likeness (QED) is 0.0309. The van der Waals surface area contributed by atoms with Crippen molar-refractivity contribution in [1.82, 2.24) is 0 Å². The fourth-order valence-corrected chi connectivity index (χ4v) is 11.0. The van der Waals surface area contributed by atoms with E-state index in [4.69, 9.17) is 28.4 Å². The maximum atomic E-state index is 12.4. The first-order chi connectivity index (χ1) is 34.8. The van der Waals surface area contributed by atoms with Gasteiger partial charge >= 0.3 is 5.97 Å². The molecule has 0 amide bonds. The minimum absolute atomic E-state index is 0.0366. The Balaban J connectivity index is 1.62. The molecule has 26 heteroatoms. The summed E-state index contributed by atoms with van der Waals surface area (Å²) < 4.78 is 173. The Hall–Kier alpha value is -4.00. The van der Waals surface area contributed by atoms with E-state index in [1.54, 1.807) is 51.3 Å². The van der Waals surface area contributed by atoms with Crippen LogP contribution in [0, 0.1) is 0 Å². The fourth-order valence-electron chi connectivity index (χ4n) is 8.96. The molecule has 2 aliphatic rings. The molecule has 2 atom stereocenters. The van der Waals surface area contributed by atoms with Crippen LogP contribution in [0.15, 0.2) is 82.3 Å². The molecule has 2 unspecified atom stereocenters. The second-order valence-electron chi connectivity index (χ2n) is 18.0. The van der Waals surface area contributed by atoms with Gasteiger partial charge in [-0.15, -0.1) is 0 Å². The molecule has 0 aliphatic carbocycles. The molecular weight excluding hydrogens is 1050 g/mol. The largest absolute Gasteiger partial charge is 0.744 e. The number of ether oxygens (including phenoxy) is 6. The standard InChI is InChI=1S/C48H70N2O20S4/c1-47(19-10-34-71(53,54)55)40-36-38(73(59,60)61)15-17-42(40)49(21-9-5-8-14-46(51)52)44(47)12-6-4-7-13-45-48(2,20-11-35-72(56,57)58)41-37-39(74(62,63)64)16-18-43(41)50(45)22-23-66-26-27-68-30-31-70-33-32-69-29-28-67-25-24-65-3/h4,6-7,12-13,15-18,36-37H,5,8-11,14,19-35H2,1-3H3,(H4-,51,52,53,54,55,56,57,58,59,60,61,62,63,64). The summed E-state index contributed by atoms with van der Waals surface area (Å²) in [6.45, 7) is 8.07. The summed E-state index contributed by atoms with van der Waals surface area (Å²) in [5, 5.41) is 9.18. The molecule has 22 nitrogen and oxygen atoms in total. The highest BCUT2D eigenvalue weighted by Gasteiger charge is 2.48. The molecule has 0 saturated heterocycles. The minimum atomic E-state index is -4.91. The van der Waals surface area contributed by atoms with Crippen molar-refractivity contribution < 1.29 is 94.8 Å². The molecule has 4 rings (SSSR count). The van der Waals surface area contributed by atoms with Crippen LogP contribution >= 0.6 is 0 Å². The van der Waals surface area contributed by atoms with Crippen molar-refractivity contribution in [2.45, 2.75) is 85.8 Å². The Bertz CT molecular complexity index is 2780. The molecule has 0 bridgehead atoms. The van der Waals surface area contributed by atoms with Gasteiger partial charge in [-0.2, -0.15) is 29.8 Å². The molecule has 2 aromatic carbocycles. The predicted octanol–water partition coefficient (Wildman–Crippen LogP) is 4.68. The molecule has 416 valence electrons. The van der Waals surface area contributed by atoms with Crippen LogP contribution in [0.4, 0.5) is 11.4 Å². The van der Waals surface area contributed by atoms with E-state index in [1.165, 1.54) is 36.4 Å². The zero-order chi connectivity index (χ0) is 54.6. The average Bonchev–Trinajstić information content (AvgIpc) is 3.67. The van der Waals surface area contributed by atoms with Crippen LogP contribution in [-0.2, 0) is 84.5 Å². The van der Waals surface area contributed by atoms with E-state index in [-0.39, 0.29) is 63.4 Å². The van der Waals surface area contributed by atoms with Gasteiger partial charge in [0.2, 0.25) is 5.69 Å². The lowest BCUT2D eigenvalue weighted by Gasteiger charge is -2.30. The number of carboxylic acid groups (broad SMARTS) is 1. The predicted molar refractivity (Wildman–Crippen MR) is 272 cm³/mol. The Morgan fingerprint density at radius 1 is 0.649 bits per heavy atom. The van der Waals surface area contributed by atoms with Crippen LogP contribution in [0.2, 0.25) is 0 Å². The summed E-state index contributed by atoms with van der Waals surface area (Å²) in [4.78, 5) is 12.2. The van der Waals surface area contributed by atoms with E-state index in [0.29, 0.717) is 113 Å². The normalized spacial score (nSPS) is 18.9. The van der Waals surface area contributed by atoms with Crippen molar-refractivity contribution in [3.05, 3.63) is 83.6 Å². The van der Waals surface area contributed by atoms with Gasteiger partial charge in [-0.25, -0.2) is 8.42 Å². The van der Waals surface area contributed by atoms with Gasteiger partial charge in [-0.05, 0) is 94.3 Å². The number of fused-ring (bicyclic) bond motifs is 2. The maximum Gasteiger partial charge on any atom is 0.303 e. The molecule has 2 heterocycles. The number of carbonyl (C=O) groups is 1. The lowest BCUT2D eigenvalue weighted by atomic mass is 9.76. The third-order valence-electron chi connectivity index (χ3n) is 12.5. The summed E-state index contributed by atoms with van der Waals surface area (Å²) in [6, 6.07) is 8.06. The number of anilines is 1. The second-order valence-corrected chi connectivity index (χ2v) is 23.9. The van der Waals surface area contributed by atoms with Crippen LogP contribution in [0.1, 0.15) is 76.3 Å². The molecule has 74 heavy (non-hydrogen) atoms. The van der Waals surface area contributed by atoms with E-state index < -0.39 is 73.7 Å². The molecule has 2 aliphatic heterocycles. The monoisotopic (exact) mass is 1120 g/mol. The lowest BCUT2D eigenvalue weighted by molar-refractivity contribution is -0.438. The van der Waals surface area contributed by atoms with Crippen molar-refractivity contribution in [3.8, 4) is 0 Å². The number of unbranched alkanes of at least 4 members (excludes halogenated alkanes) is 2. The highest BCUT2D eigenvalue weighted by atomic mass is 32.2. The number of hydrogen-bond acceptors (Lipinski definition) is 17. The van der Waals surface area contributed by atoms with E-state index >= 15 is 0 Å². The summed E-state index contributed by atoms with van der Waals surface area (Å²) in [5.41, 5.74) is 0.991. The molecule has 0 fully saturated rings. The maximum absolute atomic E-state index is 12.4. The highest BCUT2D eigenvalue weighted by molar-refractivity contribution is 7.86. The summed E-state index contributed by atoms with van der Waals surface area (Å²) >= 11 is 0. The number of benzene rings is 2. The molecule has 0 spiro atoms. The lowest BCUT2D eigenvalue weighted by Crippen LogP contribution is -2.32. The third kappa shape index (κ3) is 19.5. The molecule has 0 saturated carbocycles. The molecule has 0 aromatic heterocycles. The number of carboxylic acids is 1. The summed E-state index contributed by atoms with van der Waals surface area (Å²) in [6.07, 6.45) is 10.1. The van der Waals surface area contributed by atoms with Gasteiger partial charge in [-0.3, -0.25) is 18.5 Å². The first kappa shape index (κ1) is 62.5. The van der Waals surface area contributed by atoms with Gasteiger partial charge < -0.3 is 43.0 Å². The fraction of sp³-hybridized carbons (Fsp3) is 0.583. The van der Waals surface area contributed by atoms with Crippen LogP contribution in [0.3, 0.4) is 0 Å². The molecule has 0 radical (unpaired) electrons. The first-order valence-electron chi connectivity index (χ1n) is 24.0. The highest BCUT2D eigenvalue weighted by Crippen LogP contribution is 2.51. The van der Waals surface area contributed by atoms with Crippen LogP contribution in [0.25, 0.3) is 0 Å². The third-order valence-corrected chi connectivity index (χ3v) is 15.8. The van der Waals surface area contributed by atoms with E-state index in [2.05, 4.69) is 0 Å². The van der Waals surface area contributed by atoms with Crippen molar-refractivity contribution >= 4 is 63.5 Å². The second kappa shape index (κ2) is 28.9. The van der Waals surface area contributed by atoms with Crippen LogP contribution in [-0.4, -0.2) is 178 Å². The van der Waals surface area contributed by atoms with E-state index in [0.717, 1.165) is 0 Å².